The number of amides is 1. The number of phenols is 2. The maximum atomic E-state index is 12.5. The van der Waals surface area contributed by atoms with Gasteiger partial charge in [-0.1, -0.05) is 12.8 Å². The first kappa shape index (κ1) is 13.7. The molecule has 19 heavy (non-hydrogen) atoms. The molecule has 1 aliphatic rings. The predicted molar refractivity (Wildman–Crippen MR) is 72.1 cm³/mol. The van der Waals surface area contributed by atoms with E-state index in [1.54, 1.807) is 4.90 Å². The molecule has 5 heteroatoms. The Morgan fingerprint density at radius 3 is 2.53 bits per heavy atom. The van der Waals surface area contributed by atoms with Crippen molar-refractivity contribution >= 4 is 5.91 Å². The molecular weight excluding hydrogens is 244 g/mol. The van der Waals surface area contributed by atoms with Crippen molar-refractivity contribution < 1.29 is 15.0 Å². The Bertz CT molecular complexity index is 442. The zero-order chi connectivity index (χ0) is 13.8. The Labute approximate surface area is 112 Å². The maximum Gasteiger partial charge on any atom is 0.254 e. The second-order valence-corrected chi connectivity index (χ2v) is 4.98. The molecule has 1 aromatic rings. The minimum Gasteiger partial charge on any atom is -0.508 e. The summed E-state index contributed by atoms with van der Waals surface area (Å²) in [5.74, 6) is -0.395. The van der Waals surface area contributed by atoms with E-state index in [-0.39, 0.29) is 23.4 Å². The van der Waals surface area contributed by atoms with Crippen molar-refractivity contribution in [1.82, 2.24) is 4.90 Å². The Morgan fingerprint density at radius 2 is 1.89 bits per heavy atom. The molecule has 0 saturated carbocycles. The van der Waals surface area contributed by atoms with Gasteiger partial charge in [0.15, 0.2) is 0 Å². The Kier molecular flexibility index (Phi) is 4.27. The van der Waals surface area contributed by atoms with Crippen molar-refractivity contribution in [2.75, 3.05) is 13.1 Å². The van der Waals surface area contributed by atoms with Crippen molar-refractivity contribution in [3.05, 3.63) is 23.8 Å². The lowest BCUT2D eigenvalue weighted by molar-refractivity contribution is 0.0688. The van der Waals surface area contributed by atoms with Crippen molar-refractivity contribution in [3.8, 4) is 11.5 Å². The van der Waals surface area contributed by atoms with Gasteiger partial charge >= 0.3 is 0 Å². The number of hydrogen-bond donors (Lipinski definition) is 3. The maximum absolute atomic E-state index is 12.5. The smallest absolute Gasteiger partial charge is 0.254 e. The Morgan fingerprint density at radius 1 is 1.21 bits per heavy atom. The quantitative estimate of drug-likeness (QED) is 0.754. The average Bonchev–Trinajstić information content (AvgIpc) is 2.61. The van der Waals surface area contributed by atoms with Crippen molar-refractivity contribution in [1.29, 1.82) is 0 Å². The van der Waals surface area contributed by atoms with Gasteiger partial charge in [-0.2, -0.15) is 0 Å². The van der Waals surface area contributed by atoms with E-state index in [2.05, 4.69) is 0 Å². The van der Waals surface area contributed by atoms with Gasteiger partial charge in [-0.15, -0.1) is 0 Å². The van der Waals surface area contributed by atoms with E-state index in [1.165, 1.54) is 18.2 Å². The highest BCUT2D eigenvalue weighted by molar-refractivity contribution is 5.95. The second kappa shape index (κ2) is 5.93. The number of carbonyl (C=O) groups is 1. The van der Waals surface area contributed by atoms with Crippen LogP contribution in [-0.4, -0.2) is 40.2 Å². The van der Waals surface area contributed by atoms with Gasteiger partial charge in [0.25, 0.3) is 5.91 Å². The molecule has 0 aliphatic carbocycles. The highest BCUT2D eigenvalue weighted by Gasteiger charge is 2.25. The number of rotatable bonds is 2. The van der Waals surface area contributed by atoms with Crippen LogP contribution >= 0.6 is 0 Å². The van der Waals surface area contributed by atoms with Crippen LogP contribution in [-0.2, 0) is 0 Å². The third-order valence-corrected chi connectivity index (χ3v) is 3.56. The monoisotopic (exact) mass is 264 g/mol. The third-order valence-electron chi connectivity index (χ3n) is 3.56. The van der Waals surface area contributed by atoms with Crippen LogP contribution in [0.1, 0.15) is 36.0 Å². The molecule has 1 aromatic carbocycles. The predicted octanol–water partition coefficient (Wildman–Crippen LogP) is 1.44. The number of benzene rings is 1. The van der Waals surface area contributed by atoms with Crippen LogP contribution in [0.4, 0.5) is 0 Å². The zero-order valence-corrected chi connectivity index (χ0v) is 10.9. The molecule has 1 saturated heterocycles. The molecule has 0 bridgehead atoms. The van der Waals surface area contributed by atoms with Gasteiger partial charge in [0.05, 0.1) is 0 Å². The molecule has 5 nitrogen and oxygen atoms in total. The standard InChI is InChI=1S/C14H20N2O3/c15-9-11-4-2-1-3-5-16(11)14(19)10-6-12(17)8-13(18)7-10/h6-8,11,17-18H,1-5,9,15H2. The molecule has 1 unspecified atom stereocenters. The number of phenolic OH excluding ortho intramolecular Hbond substituents is 2. The van der Waals surface area contributed by atoms with E-state index in [0.29, 0.717) is 18.7 Å². The first-order chi connectivity index (χ1) is 9.11. The summed E-state index contributed by atoms with van der Waals surface area (Å²) in [7, 11) is 0. The van der Waals surface area contributed by atoms with Crippen molar-refractivity contribution in [2.45, 2.75) is 31.7 Å². The van der Waals surface area contributed by atoms with Gasteiger partial charge in [0, 0.05) is 30.8 Å². The number of carbonyl (C=O) groups excluding carboxylic acids is 1. The number of likely N-dealkylation sites (tertiary alicyclic amines) is 1. The lowest BCUT2D eigenvalue weighted by atomic mass is 10.1. The first-order valence-corrected chi connectivity index (χ1v) is 6.66. The molecule has 1 aliphatic heterocycles. The van der Waals surface area contributed by atoms with Gasteiger partial charge in [-0.25, -0.2) is 0 Å². The molecule has 2 rings (SSSR count). The topological polar surface area (TPSA) is 86.8 Å². The average molecular weight is 264 g/mol. The van der Waals surface area contributed by atoms with Crippen LogP contribution in [0, 0.1) is 0 Å². The number of nitrogens with two attached hydrogens (primary N) is 1. The van der Waals surface area contributed by atoms with Crippen molar-refractivity contribution in [2.24, 2.45) is 5.73 Å². The van der Waals surface area contributed by atoms with Gasteiger partial charge in [-0.3, -0.25) is 4.79 Å². The van der Waals surface area contributed by atoms with Gasteiger partial charge in [0.2, 0.25) is 0 Å². The summed E-state index contributed by atoms with van der Waals surface area (Å²) in [6.45, 7) is 1.12. The molecule has 104 valence electrons. The fourth-order valence-corrected chi connectivity index (χ4v) is 2.57. The molecule has 1 amide bonds. The van der Waals surface area contributed by atoms with Gasteiger partial charge in [0.1, 0.15) is 11.5 Å². The highest BCUT2D eigenvalue weighted by atomic mass is 16.3. The number of hydrogen-bond acceptors (Lipinski definition) is 4. The SMILES string of the molecule is NCC1CCCCCN1C(=O)c1cc(O)cc(O)c1. The van der Waals surface area contributed by atoms with Crippen LogP contribution in [0.2, 0.25) is 0 Å². The summed E-state index contributed by atoms with van der Waals surface area (Å²) in [5.41, 5.74) is 6.05. The summed E-state index contributed by atoms with van der Waals surface area (Å²) in [5, 5.41) is 18.9. The number of nitrogens with zero attached hydrogens (tertiary/aromatic N) is 1. The fourth-order valence-electron chi connectivity index (χ4n) is 2.57. The van der Waals surface area contributed by atoms with Crippen LogP contribution in [0.25, 0.3) is 0 Å². The minimum absolute atomic E-state index is 0.0412. The van der Waals surface area contributed by atoms with Crippen molar-refractivity contribution in [3.63, 3.8) is 0 Å². The summed E-state index contributed by atoms with van der Waals surface area (Å²) in [6, 6.07) is 4.00. The van der Waals surface area contributed by atoms with Crippen LogP contribution < -0.4 is 5.73 Å². The van der Waals surface area contributed by atoms with E-state index in [0.717, 1.165) is 25.7 Å². The van der Waals surface area contributed by atoms with E-state index >= 15 is 0 Å². The summed E-state index contributed by atoms with van der Waals surface area (Å²) < 4.78 is 0. The van der Waals surface area contributed by atoms with Crippen LogP contribution in [0.3, 0.4) is 0 Å². The zero-order valence-electron chi connectivity index (χ0n) is 10.9. The molecule has 4 N–H and O–H groups in total. The molecule has 0 spiro atoms. The molecule has 0 aromatic heterocycles. The van der Waals surface area contributed by atoms with Gasteiger partial charge < -0.3 is 20.8 Å². The van der Waals surface area contributed by atoms with E-state index < -0.39 is 0 Å². The van der Waals surface area contributed by atoms with Crippen LogP contribution in [0.5, 0.6) is 11.5 Å². The van der Waals surface area contributed by atoms with E-state index in [9.17, 15) is 15.0 Å². The van der Waals surface area contributed by atoms with E-state index in [4.69, 9.17) is 5.73 Å². The molecule has 0 radical (unpaired) electrons. The molecule has 1 atom stereocenters. The Balaban J connectivity index is 2.25. The summed E-state index contributed by atoms with van der Waals surface area (Å²) in [4.78, 5) is 14.2. The largest absolute Gasteiger partial charge is 0.508 e. The minimum atomic E-state index is -0.177. The molecule has 1 fully saturated rings. The number of aromatic hydroxyl groups is 2. The molecule has 1 heterocycles. The lowest BCUT2D eigenvalue weighted by Crippen LogP contribution is -2.44. The second-order valence-electron chi connectivity index (χ2n) is 4.98. The third kappa shape index (κ3) is 3.17. The normalized spacial score (nSPS) is 20.1. The molecular formula is C14H20N2O3. The first-order valence-electron chi connectivity index (χ1n) is 6.66. The summed E-state index contributed by atoms with van der Waals surface area (Å²) in [6.07, 6.45) is 4.06. The lowest BCUT2D eigenvalue weighted by Gasteiger charge is -2.29. The fraction of sp³-hybridized carbons (Fsp3) is 0.500. The Hall–Kier alpha value is -1.75. The van der Waals surface area contributed by atoms with Crippen LogP contribution in [0.15, 0.2) is 18.2 Å². The summed E-state index contributed by atoms with van der Waals surface area (Å²) >= 11 is 0. The highest BCUT2D eigenvalue weighted by Crippen LogP contribution is 2.24. The van der Waals surface area contributed by atoms with E-state index in [1.807, 2.05) is 0 Å². The van der Waals surface area contributed by atoms with Gasteiger partial charge in [-0.05, 0) is 25.0 Å².